The van der Waals surface area contributed by atoms with Crippen LogP contribution in [0.2, 0.25) is 0 Å². The smallest absolute Gasteiger partial charge is 0.236 e. The first kappa shape index (κ1) is 15.3. The van der Waals surface area contributed by atoms with Crippen LogP contribution >= 0.6 is 7.44 Å². The quantitative estimate of drug-likeness (QED) is 0.344. The number of rotatable bonds is 4. The first-order valence-corrected chi connectivity index (χ1v) is 7.95. The van der Waals surface area contributed by atoms with E-state index in [4.69, 9.17) is 15.7 Å². The van der Waals surface area contributed by atoms with Gasteiger partial charge in [-0.15, -0.1) is 0 Å². The lowest BCUT2D eigenvalue weighted by atomic mass is 10.0. The van der Waals surface area contributed by atoms with Crippen LogP contribution in [0.15, 0.2) is 53.7 Å². The molecule has 0 heterocycles. The van der Waals surface area contributed by atoms with E-state index >= 15 is 0 Å². The van der Waals surface area contributed by atoms with E-state index in [1.807, 2.05) is 6.07 Å². The van der Waals surface area contributed by atoms with Crippen LogP contribution in [-0.2, 0) is 4.57 Å². The lowest BCUT2D eigenvalue weighted by Gasteiger charge is -2.15. The van der Waals surface area contributed by atoms with E-state index < -0.39 is 7.44 Å². The molecule has 0 radical (unpaired) electrons. The molecule has 0 amide bonds. The van der Waals surface area contributed by atoms with Gasteiger partial charge in [0, 0.05) is 11.1 Å². The van der Waals surface area contributed by atoms with E-state index in [9.17, 15) is 9.77 Å². The van der Waals surface area contributed by atoms with Crippen molar-refractivity contribution in [3.8, 4) is 5.75 Å². The number of methoxy groups -OCH3 is 1. The molecule has 2 rings (SSSR count). The highest BCUT2D eigenvalue weighted by atomic mass is 31.2. The molecular weight excluding hydrogens is 289 g/mol. The van der Waals surface area contributed by atoms with Crippen molar-refractivity contribution in [3.05, 3.63) is 59.7 Å². The molecule has 2 aromatic rings. The van der Waals surface area contributed by atoms with Gasteiger partial charge in [-0.05, 0) is 18.2 Å². The zero-order valence-corrected chi connectivity index (χ0v) is 12.3. The van der Waals surface area contributed by atoms with Gasteiger partial charge >= 0.3 is 0 Å². The zero-order valence-electron chi connectivity index (χ0n) is 11.4. The maximum absolute atomic E-state index is 12.1. The second-order valence-corrected chi connectivity index (χ2v) is 6.31. The van der Waals surface area contributed by atoms with Gasteiger partial charge < -0.3 is 9.94 Å². The van der Waals surface area contributed by atoms with E-state index in [0.29, 0.717) is 16.9 Å². The minimum absolute atomic E-state index is 0.193. The van der Waals surface area contributed by atoms with Gasteiger partial charge in [0.25, 0.3) is 0 Å². The molecule has 0 saturated heterocycles. The molecule has 0 aromatic heterocycles. The molecule has 0 bridgehead atoms. The number of benzene rings is 2. The van der Waals surface area contributed by atoms with Crippen LogP contribution in [0.3, 0.4) is 0 Å². The highest BCUT2D eigenvalue weighted by Gasteiger charge is 2.22. The summed E-state index contributed by atoms with van der Waals surface area (Å²) < 4.78 is 17.2. The number of ether oxygens (including phenoxy) is 1. The number of nitrogens with zero attached hydrogens (tertiary/aromatic N) is 1. The summed E-state index contributed by atoms with van der Waals surface area (Å²) in [4.78, 5) is 0. The molecule has 0 atom stereocenters. The van der Waals surface area contributed by atoms with Gasteiger partial charge in [0.2, 0.25) is 7.44 Å². The molecular formula is C14H16N3O3P. The SMILES string of the molecule is COc1ccc(C(=NO)c2ccccc2)c(P(N)(N)=O)c1. The molecule has 6 nitrogen and oxygen atoms in total. The zero-order chi connectivity index (χ0) is 15.5. The maximum atomic E-state index is 12.1. The van der Waals surface area contributed by atoms with Crippen LogP contribution in [-0.4, -0.2) is 18.0 Å². The Balaban J connectivity index is 2.65. The average Bonchev–Trinajstić information content (AvgIpc) is 2.48. The predicted octanol–water partition coefficient (Wildman–Crippen LogP) is 1.66. The number of hydrogen-bond donors (Lipinski definition) is 3. The monoisotopic (exact) mass is 305 g/mol. The van der Waals surface area contributed by atoms with E-state index in [1.54, 1.807) is 36.4 Å². The summed E-state index contributed by atoms with van der Waals surface area (Å²) in [6.45, 7) is 0. The van der Waals surface area contributed by atoms with Crippen LogP contribution in [0.1, 0.15) is 11.1 Å². The van der Waals surface area contributed by atoms with E-state index in [0.717, 1.165) is 0 Å². The van der Waals surface area contributed by atoms with Crippen molar-refractivity contribution in [1.29, 1.82) is 0 Å². The Hall–Kier alpha value is -2.14. The molecule has 0 aliphatic rings. The Bertz CT molecular complexity index is 711. The van der Waals surface area contributed by atoms with Gasteiger partial charge in [-0.2, -0.15) is 0 Å². The van der Waals surface area contributed by atoms with Gasteiger partial charge in [-0.1, -0.05) is 35.5 Å². The van der Waals surface area contributed by atoms with Crippen molar-refractivity contribution in [3.63, 3.8) is 0 Å². The Morgan fingerprint density at radius 2 is 1.86 bits per heavy atom. The Morgan fingerprint density at radius 3 is 2.38 bits per heavy atom. The van der Waals surface area contributed by atoms with Crippen molar-refractivity contribution < 1.29 is 14.5 Å². The fourth-order valence-corrected chi connectivity index (χ4v) is 2.88. The van der Waals surface area contributed by atoms with Crippen LogP contribution in [0.5, 0.6) is 5.75 Å². The third-order valence-corrected chi connectivity index (χ3v) is 4.11. The lowest BCUT2D eigenvalue weighted by Crippen LogP contribution is -2.25. The molecule has 0 fully saturated rings. The standard InChI is InChI=1S/C14H16N3O3P/c1-20-11-7-8-12(13(9-11)21(15,16)19)14(17-18)10-5-3-2-4-6-10/h2-9,18H,1H3,(H4,15,16,19). The highest BCUT2D eigenvalue weighted by Crippen LogP contribution is 2.29. The lowest BCUT2D eigenvalue weighted by molar-refractivity contribution is 0.319. The summed E-state index contributed by atoms with van der Waals surface area (Å²) >= 11 is 0. The largest absolute Gasteiger partial charge is 0.497 e. The van der Waals surface area contributed by atoms with Crippen LogP contribution < -0.4 is 21.0 Å². The van der Waals surface area contributed by atoms with Gasteiger partial charge in [0.05, 0.1) is 12.4 Å². The third-order valence-electron chi connectivity index (χ3n) is 2.98. The number of oxime groups is 1. The molecule has 2 aromatic carbocycles. The van der Waals surface area contributed by atoms with Crippen molar-refractivity contribution >= 4 is 18.5 Å². The van der Waals surface area contributed by atoms with Crippen molar-refractivity contribution in [2.75, 3.05) is 7.11 Å². The second-order valence-electron chi connectivity index (χ2n) is 4.41. The summed E-state index contributed by atoms with van der Waals surface area (Å²) in [5.74, 6) is 0.468. The number of hydrogen-bond acceptors (Lipinski definition) is 4. The first-order valence-electron chi connectivity index (χ1n) is 6.11. The summed E-state index contributed by atoms with van der Waals surface area (Å²) in [7, 11) is -2.07. The second kappa shape index (κ2) is 6.10. The van der Waals surface area contributed by atoms with Crippen molar-refractivity contribution in [1.82, 2.24) is 0 Å². The summed E-state index contributed by atoms with van der Waals surface area (Å²) in [6.07, 6.45) is 0. The molecule has 110 valence electrons. The van der Waals surface area contributed by atoms with Gasteiger partial charge in [-0.3, -0.25) is 15.6 Å². The van der Waals surface area contributed by atoms with Gasteiger partial charge in [0.15, 0.2) is 0 Å². The Labute approximate surface area is 122 Å². The first-order chi connectivity index (χ1) is 9.97. The topological polar surface area (TPSA) is 111 Å². The molecule has 5 N–H and O–H groups in total. The highest BCUT2D eigenvalue weighted by molar-refractivity contribution is 7.67. The predicted molar refractivity (Wildman–Crippen MR) is 82.5 cm³/mol. The van der Waals surface area contributed by atoms with E-state index in [2.05, 4.69) is 5.16 Å². The maximum Gasteiger partial charge on any atom is 0.236 e. The van der Waals surface area contributed by atoms with Crippen molar-refractivity contribution in [2.45, 2.75) is 0 Å². The molecule has 0 unspecified atom stereocenters. The molecule has 0 spiro atoms. The fraction of sp³-hybridized carbons (Fsp3) is 0.0714. The van der Waals surface area contributed by atoms with Crippen LogP contribution in [0.25, 0.3) is 0 Å². The molecule has 0 aliphatic carbocycles. The minimum Gasteiger partial charge on any atom is -0.497 e. The normalized spacial score (nSPS) is 12.2. The van der Waals surface area contributed by atoms with Crippen LogP contribution in [0, 0.1) is 0 Å². The summed E-state index contributed by atoms with van der Waals surface area (Å²) in [5.41, 5.74) is 12.5. The molecule has 21 heavy (non-hydrogen) atoms. The number of nitrogens with two attached hydrogens (primary N) is 2. The molecule has 0 aliphatic heterocycles. The van der Waals surface area contributed by atoms with Gasteiger partial charge in [0.1, 0.15) is 11.5 Å². The van der Waals surface area contributed by atoms with Crippen molar-refractivity contribution in [2.24, 2.45) is 16.2 Å². The van der Waals surface area contributed by atoms with Gasteiger partial charge in [-0.25, -0.2) is 0 Å². The minimum atomic E-state index is -3.56. The molecule has 0 saturated carbocycles. The Kier molecular flexibility index (Phi) is 4.43. The Morgan fingerprint density at radius 1 is 1.19 bits per heavy atom. The van der Waals surface area contributed by atoms with Crippen LogP contribution in [0.4, 0.5) is 0 Å². The summed E-state index contributed by atoms with van der Waals surface area (Å²) in [5, 5.41) is 12.8. The van der Waals surface area contributed by atoms with E-state index in [-0.39, 0.29) is 11.0 Å². The molecule has 7 heteroatoms. The van der Waals surface area contributed by atoms with E-state index in [1.165, 1.54) is 13.2 Å². The third kappa shape index (κ3) is 3.31. The summed E-state index contributed by atoms with van der Waals surface area (Å²) in [6, 6.07) is 13.7. The fourth-order valence-electron chi connectivity index (χ4n) is 1.99. The average molecular weight is 305 g/mol.